The first-order valence-electron chi connectivity index (χ1n) is 5.92. The molecule has 2 unspecified atom stereocenters. The van der Waals surface area contributed by atoms with E-state index in [2.05, 4.69) is 18.7 Å². The Morgan fingerprint density at radius 3 is 2.41 bits per heavy atom. The summed E-state index contributed by atoms with van der Waals surface area (Å²) in [4.78, 5) is 2.21. The molecule has 1 aromatic rings. The number of fused-ring (bicyclic) bond motifs is 1. The van der Waals surface area contributed by atoms with E-state index in [-0.39, 0.29) is 18.7 Å². The Labute approximate surface area is 101 Å². The van der Waals surface area contributed by atoms with Crippen molar-refractivity contribution < 1.29 is 15.3 Å². The Morgan fingerprint density at radius 2 is 1.82 bits per heavy atom. The predicted molar refractivity (Wildman–Crippen MR) is 64.2 cm³/mol. The van der Waals surface area contributed by atoms with Crippen LogP contribution in [0, 0.1) is 0 Å². The van der Waals surface area contributed by atoms with Gasteiger partial charge in [-0.2, -0.15) is 0 Å². The lowest BCUT2D eigenvalue weighted by molar-refractivity contribution is -0.0425. The van der Waals surface area contributed by atoms with Crippen molar-refractivity contribution in [3.63, 3.8) is 0 Å². The van der Waals surface area contributed by atoms with Gasteiger partial charge in [-0.3, -0.25) is 4.90 Å². The lowest BCUT2D eigenvalue weighted by Crippen LogP contribution is -2.26. The van der Waals surface area contributed by atoms with Crippen LogP contribution >= 0.6 is 0 Å². The normalized spacial score (nSPS) is 24.4. The average molecular weight is 237 g/mol. The van der Waals surface area contributed by atoms with Gasteiger partial charge < -0.3 is 15.3 Å². The zero-order chi connectivity index (χ0) is 12.6. The maximum atomic E-state index is 9.18. The van der Waals surface area contributed by atoms with Crippen molar-refractivity contribution in [1.29, 1.82) is 0 Å². The summed E-state index contributed by atoms with van der Waals surface area (Å²) in [6, 6.07) is 6.00. The van der Waals surface area contributed by atoms with Crippen LogP contribution in [0.25, 0.3) is 0 Å². The summed E-state index contributed by atoms with van der Waals surface area (Å²) >= 11 is 0. The zero-order valence-electron chi connectivity index (χ0n) is 10.2. The number of aliphatic hydroxyl groups excluding tert-OH is 2. The van der Waals surface area contributed by atoms with Crippen LogP contribution < -0.4 is 0 Å². The van der Waals surface area contributed by atoms with Crippen molar-refractivity contribution in [1.82, 2.24) is 4.90 Å². The summed E-state index contributed by atoms with van der Waals surface area (Å²) in [7, 11) is 0. The molecule has 4 heteroatoms. The van der Waals surface area contributed by atoms with Crippen molar-refractivity contribution in [3.8, 4) is 0 Å². The largest absolute Gasteiger partial charge is 0.395 e. The third-order valence-corrected chi connectivity index (χ3v) is 3.66. The fourth-order valence-electron chi connectivity index (χ4n) is 2.69. The first-order valence-corrected chi connectivity index (χ1v) is 5.92. The minimum Gasteiger partial charge on any atom is -0.395 e. The molecule has 1 aliphatic rings. The smallest absolute Gasteiger partial charge is 0.178 e. The fraction of sp³-hybridized carbons (Fsp3) is 0.538. The second-order valence-electron chi connectivity index (χ2n) is 4.58. The highest BCUT2D eigenvalue weighted by Crippen LogP contribution is 2.41. The molecule has 0 spiro atoms. The number of benzene rings is 1. The van der Waals surface area contributed by atoms with E-state index in [1.807, 2.05) is 12.1 Å². The molecule has 2 rings (SSSR count). The number of aliphatic hydroxyl groups is 3. The van der Waals surface area contributed by atoms with E-state index < -0.39 is 6.29 Å². The highest BCUT2D eigenvalue weighted by molar-refractivity contribution is 5.40. The van der Waals surface area contributed by atoms with Crippen LogP contribution in [-0.2, 0) is 0 Å². The average Bonchev–Trinajstić information content (AvgIpc) is 2.54. The number of hydrogen-bond donors (Lipinski definition) is 3. The fourth-order valence-corrected chi connectivity index (χ4v) is 2.69. The van der Waals surface area contributed by atoms with Crippen LogP contribution in [0.4, 0.5) is 0 Å². The molecule has 0 amide bonds. The molecule has 0 aromatic heterocycles. The van der Waals surface area contributed by atoms with Gasteiger partial charge in [-0.15, -0.1) is 0 Å². The minimum atomic E-state index is -1.42. The van der Waals surface area contributed by atoms with Crippen LogP contribution in [-0.4, -0.2) is 33.4 Å². The molecular weight excluding hydrogens is 218 g/mol. The van der Waals surface area contributed by atoms with Crippen LogP contribution in [0.15, 0.2) is 18.2 Å². The maximum Gasteiger partial charge on any atom is 0.178 e. The lowest BCUT2D eigenvalue weighted by Gasteiger charge is -2.25. The number of hydrogen-bond acceptors (Lipinski definition) is 4. The Morgan fingerprint density at radius 1 is 1.18 bits per heavy atom. The van der Waals surface area contributed by atoms with E-state index >= 15 is 0 Å². The molecule has 3 N–H and O–H groups in total. The molecule has 0 fully saturated rings. The highest BCUT2D eigenvalue weighted by atomic mass is 16.5. The minimum absolute atomic E-state index is 0.137. The molecule has 0 aliphatic carbocycles. The van der Waals surface area contributed by atoms with Crippen molar-refractivity contribution in [3.05, 3.63) is 34.9 Å². The van der Waals surface area contributed by atoms with E-state index in [0.717, 1.165) is 5.56 Å². The summed E-state index contributed by atoms with van der Waals surface area (Å²) in [5, 5.41) is 27.4. The molecule has 2 atom stereocenters. The third kappa shape index (κ3) is 2.09. The molecule has 0 saturated heterocycles. The Balaban J connectivity index is 2.36. The third-order valence-electron chi connectivity index (χ3n) is 3.66. The van der Waals surface area contributed by atoms with Gasteiger partial charge in [0.25, 0.3) is 0 Å². The summed E-state index contributed by atoms with van der Waals surface area (Å²) in [5.41, 5.74) is 2.85. The van der Waals surface area contributed by atoms with Crippen molar-refractivity contribution in [2.75, 3.05) is 13.2 Å². The van der Waals surface area contributed by atoms with Gasteiger partial charge in [0.15, 0.2) is 6.29 Å². The Hall–Kier alpha value is -0.940. The van der Waals surface area contributed by atoms with E-state index in [1.165, 1.54) is 5.56 Å². The lowest BCUT2D eigenvalue weighted by atomic mass is 10.00. The van der Waals surface area contributed by atoms with Crippen molar-refractivity contribution in [2.24, 2.45) is 0 Å². The summed E-state index contributed by atoms with van der Waals surface area (Å²) in [6.45, 7) is 4.95. The van der Waals surface area contributed by atoms with E-state index in [1.54, 1.807) is 6.07 Å². The standard InChI is InChI=1S/C13H19NO3/c1-8-11-4-3-10(13(16)17)7-12(11)9(2)14(8)5-6-15/h3-4,7-9,13,15-17H,5-6H2,1-2H3. The number of β-amino-alcohol motifs (C(OH)–C–C–N with tert-alkyl or cyclic N) is 1. The molecule has 94 valence electrons. The van der Waals surface area contributed by atoms with Gasteiger partial charge in [-0.1, -0.05) is 12.1 Å². The molecule has 0 saturated carbocycles. The van der Waals surface area contributed by atoms with Gasteiger partial charge in [0.2, 0.25) is 0 Å². The molecule has 1 aliphatic heterocycles. The van der Waals surface area contributed by atoms with Crippen LogP contribution in [0.5, 0.6) is 0 Å². The van der Waals surface area contributed by atoms with Gasteiger partial charge in [-0.05, 0) is 31.0 Å². The van der Waals surface area contributed by atoms with Crippen LogP contribution in [0.2, 0.25) is 0 Å². The monoisotopic (exact) mass is 237 g/mol. The number of nitrogens with zero attached hydrogens (tertiary/aromatic N) is 1. The maximum absolute atomic E-state index is 9.18. The molecule has 17 heavy (non-hydrogen) atoms. The first kappa shape index (κ1) is 12.5. The molecular formula is C13H19NO3. The summed E-state index contributed by atoms with van der Waals surface area (Å²) < 4.78 is 0. The second kappa shape index (κ2) is 4.74. The first-order chi connectivity index (χ1) is 8.06. The van der Waals surface area contributed by atoms with E-state index in [4.69, 9.17) is 5.11 Å². The SMILES string of the molecule is CC1c2ccc(C(O)O)cc2C(C)N1CCO. The van der Waals surface area contributed by atoms with Gasteiger partial charge >= 0.3 is 0 Å². The Kier molecular flexibility index (Phi) is 3.49. The quantitative estimate of drug-likeness (QED) is 0.689. The molecule has 1 heterocycles. The van der Waals surface area contributed by atoms with E-state index in [9.17, 15) is 10.2 Å². The summed E-state index contributed by atoms with van der Waals surface area (Å²) in [6.07, 6.45) is -1.42. The molecule has 1 aromatic carbocycles. The molecule has 0 bridgehead atoms. The highest BCUT2D eigenvalue weighted by Gasteiger charge is 2.32. The van der Waals surface area contributed by atoms with Gasteiger partial charge in [0, 0.05) is 24.2 Å². The van der Waals surface area contributed by atoms with Gasteiger partial charge in [-0.25, -0.2) is 0 Å². The van der Waals surface area contributed by atoms with Crippen LogP contribution in [0.1, 0.15) is 48.9 Å². The van der Waals surface area contributed by atoms with Gasteiger partial charge in [0.1, 0.15) is 0 Å². The van der Waals surface area contributed by atoms with Crippen molar-refractivity contribution >= 4 is 0 Å². The second-order valence-corrected chi connectivity index (χ2v) is 4.58. The zero-order valence-corrected chi connectivity index (χ0v) is 10.2. The summed E-state index contributed by atoms with van der Waals surface area (Å²) in [5.74, 6) is 0. The number of rotatable bonds is 3. The topological polar surface area (TPSA) is 63.9 Å². The molecule has 4 nitrogen and oxygen atoms in total. The van der Waals surface area contributed by atoms with E-state index in [0.29, 0.717) is 12.1 Å². The predicted octanol–water partition coefficient (Wildman–Crippen LogP) is 1.10. The van der Waals surface area contributed by atoms with Crippen molar-refractivity contribution in [2.45, 2.75) is 32.2 Å². The van der Waals surface area contributed by atoms with Crippen LogP contribution in [0.3, 0.4) is 0 Å². The van der Waals surface area contributed by atoms with Gasteiger partial charge in [0.05, 0.1) is 6.61 Å². The molecule has 0 radical (unpaired) electrons. The Bertz CT molecular complexity index is 406.